The Morgan fingerprint density at radius 3 is 2.28 bits per heavy atom. The molecule has 0 fully saturated rings. The highest BCUT2D eigenvalue weighted by atomic mass is 16.5. The van der Waals surface area contributed by atoms with Crippen molar-refractivity contribution >= 4 is 12.4 Å². The summed E-state index contributed by atoms with van der Waals surface area (Å²) in [6.45, 7) is 13.1. The van der Waals surface area contributed by atoms with Crippen LogP contribution >= 0.6 is 0 Å². The van der Waals surface area contributed by atoms with Crippen molar-refractivity contribution in [2.45, 2.75) is 65.9 Å². The summed E-state index contributed by atoms with van der Waals surface area (Å²) in [7, 11) is 0. The van der Waals surface area contributed by atoms with Gasteiger partial charge in [-0.25, -0.2) is 0 Å². The Morgan fingerprint density at radius 2 is 1.80 bits per heavy atom. The number of benzene rings is 1. The molecule has 1 aromatic rings. The van der Waals surface area contributed by atoms with E-state index in [1.165, 1.54) is 18.1 Å². The largest absolute Gasteiger partial charge is 0.461 e. The summed E-state index contributed by atoms with van der Waals surface area (Å²) >= 11 is 0. The molecule has 2 unspecified atom stereocenters. The minimum absolute atomic E-state index is 0.200. The van der Waals surface area contributed by atoms with Crippen LogP contribution in [0.5, 0.6) is 0 Å². The van der Waals surface area contributed by atoms with Crippen LogP contribution < -0.4 is 0 Å². The molecule has 25 heavy (non-hydrogen) atoms. The van der Waals surface area contributed by atoms with Crippen LogP contribution in [0.25, 0.3) is 0 Å². The molecule has 0 heterocycles. The van der Waals surface area contributed by atoms with E-state index in [1.807, 2.05) is 0 Å². The minimum atomic E-state index is -0.318. The van der Waals surface area contributed by atoms with Crippen molar-refractivity contribution in [1.29, 1.82) is 0 Å². The Morgan fingerprint density at radius 1 is 1.20 bits per heavy atom. The van der Waals surface area contributed by atoms with Crippen LogP contribution in [0.15, 0.2) is 24.3 Å². The van der Waals surface area contributed by atoms with Crippen LogP contribution in [0.1, 0.15) is 59.1 Å². The van der Waals surface area contributed by atoms with Gasteiger partial charge in [-0.2, -0.15) is 0 Å². The molecular formula is C21H33NO3. The predicted molar refractivity (Wildman–Crippen MR) is 101 cm³/mol. The Hall–Kier alpha value is -1.84. The molecule has 0 saturated carbocycles. The number of ether oxygens (including phenoxy) is 1. The molecule has 1 rings (SSSR count). The number of hydrogen-bond donors (Lipinski definition) is 0. The lowest BCUT2D eigenvalue weighted by Crippen LogP contribution is -2.35. The van der Waals surface area contributed by atoms with E-state index in [-0.39, 0.29) is 17.5 Å². The highest BCUT2D eigenvalue weighted by Crippen LogP contribution is 2.27. The molecule has 0 bridgehead atoms. The average molecular weight is 347 g/mol. The van der Waals surface area contributed by atoms with E-state index in [0.717, 1.165) is 19.3 Å². The fourth-order valence-corrected chi connectivity index (χ4v) is 2.97. The molecule has 140 valence electrons. The zero-order valence-corrected chi connectivity index (χ0v) is 16.5. The number of rotatable bonds is 10. The molecule has 0 aliphatic rings. The van der Waals surface area contributed by atoms with Crippen LogP contribution in [-0.4, -0.2) is 36.5 Å². The zero-order chi connectivity index (χ0) is 19.0. The third kappa shape index (κ3) is 7.29. The fourth-order valence-electron chi connectivity index (χ4n) is 2.97. The maximum Gasteiger partial charge on any atom is 0.302 e. The molecule has 0 aromatic heterocycles. The number of carbonyl (C=O) groups excluding carboxylic acids is 2. The van der Waals surface area contributed by atoms with Gasteiger partial charge in [0.05, 0.1) is 6.54 Å². The smallest absolute Gasteiger partial charge is 0.302 e. The van der Waals surface area contributed by atoms with Gasteiger partial charge >= 0.3 is 5.97 Å². The predicted octanol–water partition coefficient (Wildman–Crippen LogP) is 3.96. The third-order valence-corrected chi connectivity index (χ3v) is 4.76. The molecule has 2 atom stereocenters. The summed E-state index contributed by atoms with van der Waals surface area (Å²) in [6, 6.07) is 8.81. The van der Waals surface area contributed by atoms with Gasteiger partial charge in [0, 0.05) is 13.5 Å². The van der Waals surface area contributed by atoms with Crippen molar-refractivity contribution in [3.8, 4) is 0 Å². The Bertz CT molecular complexity index is 551. The van der Waals surface area contributed by atoms with E-state index >= 15 is 0 Å². The monoisotopic (exact) mass is 347 g/mol. The van der Waals surface area contributed by atoms with Gasteiger partial charge in [-0.3, -0.25) is 9.59 Å². The van der Waals surface area contributed by atoms with Gasteiger partial charge in [-0.1, -0.05) is 52.0 Å². The van der Waals surface area contributed by atoms with Crippen molar-refractivity contribution in [2.24, 2.45) is 5.92 Å². The number of nitrogens with zero attached hydrogens (tertiary/aromatic N) is 1. The molecule has 0 aliphatic carbocycles. The fraction of sp³-hybridized carbons (Fsp3) is 0.619. The summed E-state index contributed by atoms with van der Waals surface area (Å²) in [4.78, 5) is 24.0. The van der Waals surface area contributed by atoms with Gasteiger partial charge in [0.1, 0.15) is 6.10 Å². The second-order valence-corrected chi connectivity index (χ2v) is 7.72. The zero-order valence-electron chi connectivity index (χ0n) is 16.5. The third-order valence-electron chi connectivity index (χ3n) is 4.76. The number of amides is 1. The second kappa shape index (κ2) is 9.59. The van der Waals surface area contributed by atoms with Crippen molar-refractivity contribution in [3.63, 3.8) is 0 Å². The van der Waals surface area contributed by atoms with Crippen LogP contribution in [0.4, 0.5) is 0 Å². The molecule has 0 N–H and O–H groups in total. The summed E-state index contributed by atoms with van der Waals surface area (Å²) in [5.74, 6) is 0.0151. The topological polar surface area (TPSA) is 46.6 Å². The summed E-state index contributed by atoms with van der Waals surface area (Å²) < 4.78 is 5.10. The average Bonchev–Trinajstić information content (AvgIpc) is 2.53. The summed E-state index contributed by atoms with van der Waals surface area (Å²) in [5, 5.41) is 0. The molecule has 0 aliphatic heterocycles. The van der Waals surface area contributed by atoms with Crippen LogP contribution in [0.3, 0.4) is 0 Å². The summed E-state index contributed by atoms with van der Waals surface area (Å²) in [5.41, 5.74) is 2.84. The standard InChI is InChI=1S/C21H33NO3/c1-7-21(5,6)20-10-8-19(9-11-20)12-16(2)13-22(15-23)14-17(3)25-18(4)24/h8-11,15-17H,7,12-14H2,1-6H3. The van der Waals surface area contributed by atoms with Crippen molar-refractivity contribution < 1.29 is 14.3 Å². The first-order chi connectivity index (χ1) is 11.7. The molecule has 4 nitrogen and oxygen atoms in total. The normalized spacial score (nSPS) is 13.8. The lowest BCUT2D eigenvalue weighted by molar-refractivity contribution is -0.147. The van der Waals surface area contributed by atoms with Gasteiger partial charge in [0.2, 0.25) is 6.41 Å². The molecule has 1 amide bonds. The van der Waals surface area contributed by atoms with Crippen LogP contribution in [0.2, 0.25) is 0 Å². The molecular weight excluding hydrogens is 314 g/mol. The number of carbonyl (C=O) groups is 2. The highest BCUT2D eigenvalue weighted by molar-refractivity contribution is 5.66. The number of esters is 1. The Balaban J connectivity index is 2.58. The van der Waals surface area contributed by atoms with E-state index in [2.05, 4.69) is 52.0 Å². The van der Waals surface area contributed by atoms with Crippen molar-refractivity contribution in [2.75, 3.05) is 13.1 Å². The van der Waals surface area contributed by atoms with E-state index < -0.39 is 0 Å². The lowest BCUT2D eigenvalue weighted by atomic mass is 9.82. The van der Waals surface area contributed by atoms with Gasteiger partial charge in [-0.05, 0) is 42.2 Å². The molecule has 4 heteroatoms. The first-order valence-electron chi connectivity index (χ1n) is 9.14. The van der Waals surface area contributed by atoms with E-state index in [4.69, 9.17) is 4.74 Å². The highest BCUT2D eigenvalue weighted by Gasteiger charge is 2.18. The molecule has 0 saturated heterocycles. The van der Waals surface area contributed by atoms with Gasteiger partial charge in [0.15, 0.2) is 0 Å². The van der Waals surface area contributed by atoms with E-state index in [9.17, 15) is 9.59 Å². The van der Waals surface area contributed by atoms with Gasteiger partial charge in [0.25, 0.3) is 0 Å². The second-order valence-electron chi connectivity index (χ2n) is 7.72. The van der Waals surface area contributed by atoms with Gasteiger partial charge in [-0.15, -0.1) is 0 Å². The summed E-state index contributed by atoms with van der Waals surface area (Å²) in [6.07, 6.45) is 2.57. The van der Waals surface area contributed by atoms with Crippen LogP contribution in [-0.2, 0) is 26.2 Å². The maximum absolute atomic E-state index is 11.3. The van der Waals surface area contributed by atoms with Gasteiger partial charge < -0.3 is 9.64 Å². The van der Waals surface area contributed by atoms with E-state index in [1.54, 1.807) is 11.8 Å². The van der Waals surface area contributed by atoms with Crippen LogP contribution in [0, 0.1) is 5.92 Å². The SMILES string of the molecule is CCC(C)(C)c1ccc(CC(C)CN(C=O)CC(C)OC(C)=O)cc1. The Labute approximate surface area is 152 Å². The lowest BCUT2D eigenvalue weighted by Gasteiger charge is -2.25. The maximum atomic E-state index is 11.3. The van der Waals surface area contributed by atoms with Crippen molar-refractivity contribution in [1.82, 2.24) is 4.90 Å². The Kier molecular flexibility index (Phi) is 8.14. The first kappa shape index (κ1) is 21.2. The quantitative estimate of drug-likeness (QED) is 0.475. The molecule has 0 radical (unpaired) electrons. The molecule has 1 aromatic carbocycles. The minimum Gasteiger partial charge on any atom is -0.461 e. The molecule has 0 spiro atoms. The first-order valence-corrected chi connectivity index (χ1v) is 9.14. The van der Waals surface area contributed by atoms with E-state index in [0.29, 0.717) is 19.0 Å². The number of hydrogen-bond acceptors (Lipinski definition) is 3. The van der Waals surface area contributed by atoms with Crippen molar-refractivity contribution in [3.05, 3.63) is 35.4 Å².